The molecule has 1 fully saturated rings. The number of hydrogen-bond acceptors (Lipinski definition) is 3. The SMILES string of the molecule is COc1cc(F)ccc1CN1CCCC(CCN(C)C)C1. The van der Waals surface area contributed by atoms with Crippen LogP contribution in [0.2, 0.25) is 0 Å². The second-order valence-corrected chi connectivity index (χ2v) is 6.29. The van der Waals surface area contributed by atoms with E-state index in [2.05, 4.69) is 23.9 Å². The summed E-state index contributed by atoms with van der Waals surface area (Å²) >= 11 is 0. The topological polar surface area (TPSA) is 15.7 Å². The monoisotopic (exact) mass is 294 g/mol. The molecular formula is C17H27FN2O. The average molecular weight is 294 g/mol. The second kappa shape index (κ2) is 7.76. The third-order valence-electron chi connectivity index (χ3n) is 4.23. The molecule has 0 amide bonds. The number of methoxy groups -OCH3 is 1. The first-order chi connectivity index (χ1) is 10.1. The fraction of sp³-hybridized carbons (Fsp3) is 0.647. The number of nitrogens with zero attached hydrogens (tertiary/aromatic N) is 2. The van der Waals surface area contributed by atoms with Crippen molar-refractivity contribution in [3.05, 3.63) is 29.6 Å². The highest BCUT2D eigenvalue weighted by molar-refractivity contribution is 5.33. The molecule has 1 heterocycles. The minimum atomic E-state index is -0.238. The molecule has 0 radical (unpaired) electrons. The Bertz CT molecular complexity index is 450. The van der Waals surface area contributed by atoms with E-state index in [0.717, 1.165) is 37.7 Å². The van der Waals surface area contributed by atoms with Gasteiger partial charge in [0.2, 0.25) is 0 Å². The molecule has 1 aromatic rings. The van der Waals surface area contributed by atoms with Crippen LogP contribution in [-0.2, 0) is 6.54 Å². The molecule has 4 heteroatoms. The number of ether oxygens (including phenoxy) is 1. The van der Waals surface area contributed by atoms with Gasteiger partial charge in [0.15, 0.2) is 0 Å². The molecule has 0 bridgehead atoms. The van der Waals surface area contributed by atoms with Crippen molar-refractivity contribution < 1.29 is 9.13 Å². The van der Waals surface area contributed by atoms with Gasteiger partial charge in [0.1, 0.15) is 11.6 Å². The highest BCUT2D eigenvalue weighted by Gasteiger charge is 2.20. The van der Waals surface area contributed by atoms with Gasteiger partial charge in [-0.15, -0.1) is 0 Å². The lowest BCUT2D eigenvalue weighted by atomic mass is 9.94. The minimum Gasteiger partial charge on any atom is -0.496 e. The van der Waals surface area contributed by atoms with Crippen LogP contribution in [-0.4, -0.2) is 50.6 Å². The number of benzene rings is 1. The van der Waals surface area contributed by atoms with Crippen LogP contribution in [0.4, 0.5) is 4.39 Å². The first kappa shape index (κ1) is 16.2. The Balaban J connectivity index is 1.93. The van der Waals surface area contributed by atoms with Crippen LogP contribution in [0.15, 0.2) is 18.2 Å². The van der Waals surface area contributed by atoms with E-state index < -0.39 is 0 Å². The molecular weight excluding hydrogens is 267 g/mol. The molecule has 1 aliphatic rings. The number of likely N-dealkylation sites (tertiary alicyclic amines) is 1. The van der Waals surface area contributed by atoms with E-state index in [-0.39, 0.29) is 5.82 Å². The van der Waals surface area contributed by atoms with Gasteiger partial charge in [-0.1, -0.05) is 6.07 Å². The van der Waals surface area contributed by atoms with Crippen molar-refractivity contribution in [2.75, 3.05) is 40.8 Å². The maximum atomic E-state index is 13.3. The van der Waals surface area contributed by atoms with Gasteiger partial charge in [-0.05, 0) is 58.4 Å². The van der Waals surface area contributed by atoms with Crippen LogP contribution in [0.1, 0.15) is 24.8 Å². The van der Waals surface area contributed by atoms with Crippen molar-refractivity contribution in [2.24, 2.45) is 5.92 Å². The summed E-state index contributed by atoms with van der Waals surface area (Å²) in [7, 11) is 5.86. The quantitative estimate of drug-likeness (QED) is 0.802. The molecule has 0 aliphatic carbocycles. The van der Waals surface area contributed by atoms with Gasteiger partial charge < -0.3 is 9.64 Å². The molecule has 2 rings (SSSR count). The lowest BCUT2D eigenvalue weighted by Crippen LogP contribution is -2.36. The zero-order valence-corrected chi connectivity index (χ0v) is 13.4. The molecule has 0 N–H and O–H groups in total. The lowest BCUT2D eigenvalue weighted by Gasteiger charge is -2.33. The molecule has 0 spiro atoms. The number of hydrogen-bond donors (Lipinski definition) is 0. The van der Waals surface area contributed by atoms with E-state index in [4.69, 9.17) is 4.74 Å². The summed E-state index contributed by atoms with van der Waals surface area (Å²) in [6, 6.07) is 4.84. The fourth-order valence-electron chi connectivity index (χ4n) is 3.06. The van der Waals surface area contributed by atoms with Crippen molar-refractivity contribution in [2.45, 2.75) is 25.8 Å². The third-order valence-corrected chi connectivity index (χ3v) is 4.23. The summed E-state index contributed by atoms with van der Waals surface area (Å²) in [6.07, 6.45) is 3.83. The molecule has 1 aromatic carbocycles. The van der Waals surface area contributed by atoms with Crippen molar-refractivity contribution in [3.63, 3.8) is 0 Å². The summed E-state index contributed by atoms with van der Waals surface area (Å²) < 4.78 is 18.6. The summed E-state index contributed by atoms with van der Waals surface area (Å²) in [5, 5.41) is 0. The van der Waals surface area contributed by atoms with Gasteiger partial charge in [0.25, 0.3) is 0 Å². The molecule has 0 aromatic heterocycles. The molecule has 118 valence electrons. The Morgan fingerprint density at radius 3 is 2.90 bits per heavy atom. The molecule has 1 unspecified atom stereocenters. The van der Waals surface area contributed by atoms with E-state index in [1.807, 2.05) is 6.07 Å². The van der Waals surface area contributed by atoms with Crippen LogP contribution in [0.5, 0.6) is 5.75 Å². The van der Waals surface area contributed by atoms with Crippen LogP contribution in [0.25, 0.3) is 0 Å². The Kier molecular flexibility index (Phi) is 6.00. The van der Waals surface area contributed by atoms with Crippen LogP contribution in [0, 0.1) is 11.7 Å². The largest absolute Gasteiger partial charge is 0.496 e. The van der Waals surface area contributed by atoms with Gasteiger partial charge in [-0.25, -0.2) is 4.39 Å². The Hall–Kier alpha value is -1.13. The molecule has 1 aliphatic heterocycles. The summed E-state index contributed by atoms with van der Waals surface area (Å²) in [4.78, 5) is 4.72. The predicted octanol–water partition coefficient (Wildman–Crippen LogP) is 3.00. The highest BCUT2D eigenvalue weighted by atomic mass is 19.1. The summed E-state index contributed by atoms with van der Waals surface area (Å²) in [5.41, 5.74) is 1.08. The maximum Gasteiger partial charge on any atom is 0.126 e. The van der Waals surface area contributed by atoms with Gasteiger partial charge >= 0.3 is 0 Å². The first-order valence-electron chi connectivity index (χ1n) is 7.78. The van der Waals surface area contributed by atoms with E-state index >= 15 is 0 Å². The zero-order chi connectivity index (χ0) is 15.2. The number of halogens is 1. The molecule has 3 nitrogen and oxygen atoms in total. The smallest absolute Gasteiger partial charge is 0.126 e. The molecule has 1 saturated heterocycles. The fourth-order valence-corrected chi connectivity index (χ4v) is 3.06. The first-order valence-corrected chi connectivity index (χ1v) is 7.78. The Labute approximate surface area is 127 Å². The van der Waals surface area contributed by atoms with E-state index in [1.54, 1.807) is 7.11 Å². The van der Waals surface area contributed by atoms with Crippen LogP contribution in [0.3, 0.4) is 0 Å². The van der Waals surface area contributed by atoms with Crippen LogP contribution < -0.4 is 4.74 Å². The van der Waals surface area contributed by atoms with E-state index in [0.29, 0.717) is 5.75 Å². The van der Waals surface area contributed by atoms with E-state index in [1.165, 1.54) is 31.4 Å². The normalized spacial score (nSPS) is 20.0. The van der Waals surface area contributed by atoms with Crippen molar-refractivity contribution in [1.29, 1.82) is 0 Å². The molecule has 0 saturated carbocycles. The third kappa shape index (κ3) is 4.97. The van der Waals surface area contributed by atoms with Crippen molar-refractivity contribution in [3.8, 4) is 5.75 Å². The minimum absolute atomic E-state index is 0.238. The van der Waals surface area contributed by atoms with Gasteiger partial charge in [0.05, 0.1) is 7.11 Å². The average Bonchev–Trinajstić information content (AvgIpc) is 2.47. The van der Waals surface area contributed by atoms with Crippen LogP contribution >= 0.6 is 0 Å². The Morgan fingerprint density at radius 1 is 1.38 bits per heavy atom. The maximum absolute atomic E-state index is 13.3. The van der Waals surface area contributed by atoms with E-state index in [9.17, 15) is 4.39 Å². The second-order valence-electron chi connectivity index (χ2n) is 6.29. The zero-order valence-electron chi connectivity index (χ0n) is 13.4. The predicted molar refractivity (Wildman–Crippen MR) is 84.1 cm³/mol. The lowest BCUT2D eigenvalue weighted by molar-refractivity contribution is 0.153. The summed E-state index contributed by atoms with van der Waals surface area (Å²) in [6.45, 7) is 4.26. The standard InChI is InChI=1S/C17H27FN2O/c1-19(2)10-8-14-5-4-9-20(12-14)13-15-6-7-16(18)11-17(15)21-3/h6-7,11,14H,4-5,8-10,12-13H2,1-3H3. The van der Waals surface area contributed by atoms with Gasteiger partial charge in [-0.3, -0.25) is 4.90 Å². The Morgan fingerprint density at radius 2 is 2.19 bits per heavy atom. The highest BCUT2D eigenvalue weighted by Crippen LogP contribution is 2.25. The van der Waals surface area contributed by atoms with Crippen molar-refractivity contribution in [1.82, 2.24) is 9.80 Å². The van der Waals surface area contributed by atoms with Gasteiger partial charge in [0, 0.05) is 24.7 Å². The van der Waals surface area contributed by atoms with Crippen molar-refractivity contribution >= 4 is 0 Å². The summed E-state index contributed by atoms with van der Waals surface area (Å²) in [5.74, 6) is 1.19. The van der Waals surface area contributed by atoms with Gasteiger partial charge in [-0.2, -0.15) is 0 Å². The molecule has 1 atom stereocenters. The molecule has 21 heavy (non-hydrogen) atoms. The number of piperidine rings is 1. The number of rotatable bonds is 6.